The molecule has 0 amide bonds. The van der Waals surface area contributed by atoms with Crippen LogP contribution < -0.4 is 0 Å². The lowest BCUT2D eigenvalue weighted by atomic mass is 9.96. The number of esters is 1. The first-order valence-electron chi connectivity index (χ1n) is 11.3. The van der Waals surface area contributed by atoms with E-state index in [0.717, 1.165) is 35.1 Å². The zero-order valence-corrected chi connectivity index (χ0v) is 18.8. The van der Waals surface area contributed by atoms with Gasteiger partial charge in [-0.15, -0.1) is 0 Å². The molecule has 0 heterocycles. The fourth-order valence-electron chi connectivity index (χ4n) is 3.60. The molecule has 0 aliphatic heterocycles. The number of aliphatic hydroxyl groups is 2. The average molecular weight is 425 g/mol. The summed E-state index contributed by atoms with van der Waals surface area (Å²) >= 11 is 0. The van der Waals surface area contributed by atoms with Crippen LogP contribution in [0.5, 0.6) is 0 Å². The van der Waals surface area contributed by atoms with E-state index >= 15 is 0 Å². The van der Waals surface area contributed by atoms with Gasteiger partial charge in [-0.25, -0.2) is 0 Å². The van der Waals surface area contributed by atoms with Crippen molar-refractivity contribution in [3.63, 3.8) is 0 Å². The maximum atomic E-state index is 11.2. The third-order valence-electron chi connectivity index (χ3n) is 5.44. The van der Waals surface area contributed by atoms with Crippen molar-refractivity contribution in [1.82, 2.24) is 0 Å². The van der Waals surface area contributed by atoms with Gasteiger partial charge in [0.2, 0.25) is 0 Å². The van der Waals surface area contributed by atoms with Crippen LogP contribution in [0.4, 0.5) is 0 Å². The molecule has 0 aliphatic rings. The minimum Gasteiger partial charge on any atom is -0.469 e. The van der Waals surface area contributed by atoms with Gasteiger partial charge in [0.25, 0.3) is 0 Å². The number of carbonyl (C=O) groups is 1. The number of carbonyl (C=O) groups excluding carboxylic acids is 1. The molecule has 0 aromatic heterocycles. The van der Waals surface area contributed by atoms with Crippen LogP contribution in [0.15, 0.2) is 54.6 Å². The molecule has 0 radical (unpaired) electrons. The molecular weight excluding hydrogens is 388 g/mol. The molecule has 2 rings (SSSR count). The van der Waals surface area contributed by atoms with Crippen molar-refractivity contribution in [2.45, 2.75) is 70.5 Å². The summed E-state index contributed by atoms with van der Waals surface area (Å²) in [7, 11) is 1.37. The number of hydrogen-bond acceptors (Lipinski definition) is 4. The summed E-state index contributed by atoms with van der Waals surface area (Å²) in [5.41, 5.74) is 4.36. The summed E-state index contributed by atoms with van der Waals surface area (Å²) < 4.78 is 4.62. The minimum absolute atomic E-state index is 0.251. The van der Waals surface area contributed by atoms with Gasteiger partial charge in [0, 0.05) is 6.42 Å². The standard InChI is InChI=1S/C27H36O4/c1-3-4-5-10-25(29)20-21-14-16-23(17-15-21)26-12-7-6-9-22(26)18-19-24(28)11-8-13-27(30)31-2/h6-7,9,12,14-19,24-25,28-29H,3-5,8,10-11,13,20H2,1-2H3/b19-18+/t24-,25+/m0/s1. The van der Waals surface area contributed by atoms with Gasteiger partial charge in [0.05, 0.1) is 19.3 Å². The largest absolute Gasteiger partial charge is 0.469 e. The van der Waals surface area contributed by atoms with Crippen LogP contribution in [0, 0.1) is 0 Å². The second-order valence-corrected chi connectivity index (χ2v) is 8.03. The predicted octanol–water partition coefficient (Wildman–Crippen LogP) is 5.55. The highest BCUT2D eigenvalue weighted by Crippen LogP contribution is 2.26. The van der Waals surface area contributed by atoms with E-state index in [-0.39, 0.29) is 12.1 Å². The zero-order valence-electron chi connectivity index (χ0n) is 18.8. The van der Waals surface area contributed by atoms with Crippen molar-refractivity contribution < 1.29 is 19.7 Å². The third kappa shape index (κ3) is 9.07. The molecule has 0 spiro atoms. The molecule has 2 aromatic rings. The highest BCUT2D eigenvalue weighted by atomic mass is 16.5. The van der Waals surface area contributed by atoms with E-state index in [2.05, 4.69) is 42.0 Å². The van der Waals surface area contributed by atoms with Gasteiger partial charge in [-0.2, -0.15) is 0 Å². The maximum absolute atomic E-state index is 11.2. The minimum atomic E-state index is -0.603. The maximum Gasteiger partial charge on any atom is 0.305 e. The fourth-order valence-corrected chi connectivity index (χ4v) is 3.60. The lowest BCUT2D eigenvalue weighted by Crippen LogP contribution is -2.10. The molecule has 0 bridgehead atoms. The topological polar surface area (TPSA) is 66.8 Å². The van der Waals surface area contributed by atoms with Gasteiger partial charge in [-0.1, -0.05) is 86.9 Å². The number of ether oxygens (including phenoxy) is 1. The Morgan fingerprint density at radius 1 is 1.00 bits per heavy atom. The normalized spacial score (nSPS) is 13.3. The van der Waals surface area contributed by atoms with Crippen molar-refractivity contribution in [3.05, 3.63) is 65.7 Å². The van der Waals surface area contributed by atoms with Crippen LogP contribution in [0.3, 0.4) is 0 Å². The van der Waals surface area contributed by atoms with Crippen LogP contribution in [0.2, 0.25) is 0 Å². The number of aliphatic hydroxyl groups excluding tert-OH is 2. The zero-order chi connectivity index (χ0) is 22.5. The molecule has 2 N–H and O–H groups in total. The molecule has 2 atom stereocenters. The molecule has 0 unspecified atom stereocenters. The smallest absolute Gasteiger partial charge is 0.305 e. The molecule has 31 heavy (non-hydrogen) atoms. The lowest BCUT2D eigenvalue weighted by Gasteiger charge is -2.12. The van der Waals surface area contributed by atoms with E-state index in [4.69, 9.17) is 0 Å². The van der Waals surface area contributed by atoms with E-state index in [1.54, 1.807) is 6.08 Å². The quantitative estimate of drug-likeness (QED) is 0.327. The first kappa shape index (κ1) is 24.8. The number of rotatable bonds is 13. The molecule has 2 aromatic carbocycles. The molecule has 0 saturated heterocycles. The van der Waals surface area contributed by atoms with Crippen molar-refractivity contribution in [1.29, 1.82) is 0 Å². The van der Waals surface area contributed by atoms with Crippen LogP contribution in [-0.2, 0) is 16.0 Å². The summed E-state index contributed by atoms with van der Waals surface area (Å²) in [5.74, 6) is -0.251. The summed E-state index contributed by atoms with van der Waals surface area (Å²) in [6.45, 7) is 2.17. The highest BCUT2D eigenvalue weighted by molar-refractivity contribution is 5.75. The van der Waals surface area contributed by atoms with Crippen molar-refractivity contribution in [2.24, 2.45) is 0 Å². The van der Waals surface area contributed by atoms with E-state index in [1.807, 2.05) is 24.3 Å². The molecule has 0 saturated carbocycles. The molecule has 0 aliphatic carbocycles. The van der Waals surface area contributed by atoms with Gasteiger partial charge in [-0.05, 0) is 47.9 Å². The molecular formula is C27H36O4. The summed E-state index contributed by atoms with van der Waals surface area (Å²) in [6, 6.07) is 16.4. The Morgan fingerprint density at radius 2 is 1.74 bits per heavy atom. The van der Waals surface area contributed by atoms with Crippen molar-refractivity contribution in [2.75, 3.05) is 7.11 Å². The first-order chi connectivity index (χ1) is 15.0. The number of unbranched alkanes of at least 4 members (excludes halogenated alkanes) is 2. The highest BCUT2D eigenvalue weighted by Gasteiger charge is 2.08. The molecule has 168 valence electrons. The van der Waals surface area contributed by atoms with Crippen molar-refractivity contribution >= 4 is 12.0 Å². The lowest BCUT2D eigenvalue weighted by molar-refractivity contribution is -0.140. The van der Waals surface area contributed by atoms with E-state index in [1.165, 1.54) is 20.0 Å². The van der Waals surface area contributed by atoms with Crippen LogP contribution in [0.1, 0.15) is 63.0 Å². The fraction of sp³-hybridized carbons (Fsp3) is 0.444. The SMILES string of the molecule is CCCCC[C@@H](O)Cc1ccc(-c2ccccc2/C=C/[C@@H](O)CCCC(=O)OC)cc1. The van der Waals surface area contributed by atoms with E-state index < -0.39 is 6.10 Å². The Labute approximate surface area is 186 Å². The number of hydrogen-bond donors (Lipinski definition) is 2. The summed E-state index contributed by atoms with van der Waals surface area (Å²) in [6.07, 6.45) is 9.19. The molecule has 4 heteroatoms. The second kappa shape index (κ2) is 13.8. The second-order valence-electron chi connectivity index (χ2n) is 8.03. The van der Waals surface area contributed by atoms with Gasteiger partial charge in [-0.3, -0.25) is 4.79 Å². The predicted molar refractivity (Wildman–Crippen MR) is 127 cm³/mol. The van der Waals surface area contributed by atoms with Gasteiger partial charge in [0.1, 0.15) is 0 Å². The Morgan fingerprint density at radius 3 is 2.45 bits per heavy atom. The molecule has 0 fully saturated rings. The third-order valence-corrected chi connectivity index (χ3v) is 5.44. The van der Waals surface area contributed by atoms with E-state index in [0.29, 0.717) is 25.7 Å². The Hall–Kier alpha value is -2.43. The Kier molecular flexibility index (Phi) is 11.0. The van der Waals surface area contributed by atoms with Gasteiger partial charge in [0.15, 0.2) is 0 Å². The molecule has 4 nitrogen and oxygen atoms in total. The monoisotopic (exact) mass is 424 g/mol. The number of methoxy groups -OCH3 is 1. The first-order valence-corrected chi connectivity index (χ1v) is 11.3. The van der Waals surface area contributed by atoms with E-state index in [9.17, 15) is 15.0 Å². The average Bonchev–Trinajstić information content (AvgIpc) is 2.78. The number of benzene rings is 2. The van der Waals surface area contributed by atoms with Gasteiger partial charge >= 0.3 is 5.97 Å². The van der Waals surface area contributed by atoms with Crippen LogP contribution in [0.25, 0.3) is 17.2 Å². The van der Waals surface area contributed by atoms with Crippen molar-refractivity contribution in [3.8, 4) is 11.1 Å². The Bertz CT molecular complexity index is 810. The van der Waals surface area contributed by atoms with Crippen LogP contribution >= 0.6 is 0 Å². The summed E-state index contributed by atoms with van der Waals surface area (Å²) in [4.78, 5) is 11.2. The van der Waals surface area contributed by atoms with Gasteiger partial charge < -0.3 is 14.9 Å². The van der Waals surface area contributed by atoms with Crippen LogP contribution in [-0.4, -0.2) is 35.5 Å². The Balaban J connectivity index is 1.98. The summed E-state index contributed by atoms with van der Waals surface area (Å²) in [5, 5.41) is 20.4.